The third kappa shape index (κ3) is 2.25. The quantitative estimate of drug-likeness (QED) is 0.886. The number of carbonyl (C=O) groups is 1. The second-order valence-corrected chi connectivity index (χ2v) is 4.19. The Morgan fingerprint density at radius 1 is 1.39 bits per heavy atom. The van der Waals surface area contributed by atoms with E-state index in [9.17, 15) is 9.18 Å². The van der Waals surface area contributed by atoms with Gasteiger partial charge in [0.15, 0.2) is 0 Å². The van der Waals surface area contributed by atoms with Gasteiger partial charge in [-0.15, -0.1) is 0 Å². The van der Waals surface area contributed by atoms with E-state index in [1.54, 1.807) is 37.7 Å². The zero-order valence-electron chi connectivity index (χ0n) is 10.5. The molecule has 2 rings (SSSR count). The lowest BCUT2D eigenvalue weighted by Gasteiger charge is -2.06. The summed E-state index contributed by atoms with van der Waals surface area (Å²) < 4.78 is 15.0. The fraction of sp³-hybridized carbons (Fsp3) is 0.231. The average molecular weight is 247 g/mol. The summed E-state index contributed by atoms with van der Waals surface area (Å²) >= 11 is 0. The van der Waals surface area contributed by atoms with Crippen LogP contribution < -0.4 is 5.32 Å². The van der Waals surface area contributed by atoms with Gasteiger partial charge in [-0.2, -0.15) is 5.10 Å². The minimum Gasteiger partial charge on any atom is -0.322 e. The Morgan fingerprint density at radius 2 is 2.11 bits per heavy atom. The van der Waals surface area contributed by atoms with Crippen LogP contribution in [0.3, 0.4) is 0 Å². The van der Waals surface area contributed by atoms with E-state index < -0.39 is 0 Å². The van der Waals surface area contributed by atoms with Crippen molar-refractivity contribution in [1.29, 1.82) is 0 Å². The van der Waals surface area contributed by atoms with Crippen LogP contribution >= 0.6 is 0 Å². The van der Waals surface area contributed by atoms with Crippen molar-refractivity contribution in [2.75, 3.05) is 5.32 Å². The highest BCUT2D eigenvalue weighted by Crippen LogP contribution is 2.15. The molecule has 0 aliphatic heterocycles. The van der Waals surface area contributed by atoms with E-state index in [0.717, 1.165) is 5.69 Å². The van der Waals surface area contributed by atoms with Gasteiger partial charge >= 0.3 is 0 Å². The van der Waals surface area contributed by atoms with Gasteiger partial charge in [-0.25, -0.2) is 4.39 Å². The van der Waals surface area contributed by atoms with E-state index in [1.165, 1.54) is 12.3 Å². The first-order valence-corrected chi connectivity index (χ1v) is 5.55. The molecule has 1 amide bonds. The lowest BCUT2D eigenvalue weighted by molar-refractivity contribution is 0.102. The summed E-state index contributed by atoms with van der Waals surface area (Å²) in [6, 6.07) is 4.60. The highest BCUT2D eigenvalue weighted by atomic mass is 19.1. The first kappa shape index (κ1) is 12.3. The van der Waals surface area contributed by atoms with Crippen molar-refractivity contribution in [2.45, 2.75) is 13.8 Å². The molecule has 0 radical (unpaired) electrons. The van der Waals surface area contributed by atoms with Crippen molar-refractivity contribution in [1.82, 2.24) is 9.78 Å². The summed E-state index contributed by atoms with van der Waals surface area (Å²) in [5.41, 5.74) is 2.23. The molecule has 1 aromatic carbocycles. The Balaban J connectivity index is 2.21. The number of carbonyl (C=O) groups excluding carboxylic acids is 1. The molecule has 94 valence electrons. The van der Waals surface area contributed by atoms with Crippen LogP contribution in [-0.4, -0.2) is 15.7 Å². The van der Waals surface area contributed by atoms with Gasteiger partial charge in [-0.1, -0.05) is 6.07 Å². The molecule has 2 aromatic rings. The first-order valence-electron chi connectivity index (χ1n) is 5.55. The SMILES string of the molecule is Cc1ccc(NC(=O)c2cnn(C)c2C)cc1F. The van der Waals surface area contributed by atoms with Crippen LogP contribution in [0.5, 0.6) is 0 Å². The number of anilines is 1. The molecule has 0 spiro atoms. The van der Waals surface area contributed by atoms with Gasteiger partial charge in [0.25, 0.3) is 5.91 Å². The number of halogens is 1. The molecule has 5 heteroatoms. The highest BCUT2D eigenvalue weighted by Gasteiger charge is 2.13. The lowest BCUT2D eigenvalue weighted by Crippen LogP contribution is -2.13. The molecule has 0 bridgehead atoms. The second kappa shape index (κ2) is 4.60. The molecule has 0 fully saturated rings. The number of hydrogen-bond donors (Lipinski definition) is 1. The van der Waals surface area contributed by atoms with Crippen molar-refractivity contribution in [3.05, 3.63) is 47.0 Å². The maximum absolute atomic E-state index is 13.3. The third-order valence-electron chi connectivity index (χ3n) is 2.91. The van der Waals surface area contributed by atoms with Crippen molar-refractivity contribution in [2.24, 2.45) is 7.05 Å². The first-order chi connectivity index (χ1) is 8.49. The van der Waals surface area contributed by atoms with E-state index in [1.807, 2.05) is 0 Å². The molecule has 0 aliphatic rings. The minimum atomic E-state index is -0.337. The number of benzene rings is 1. The van der Waals surface area contributed by atoms with Gasteiger partial charge in [0, 0.05) is 18.4 Å². The van der Waals surface area contributed by atoms with Crippen LogP contribution in [0, 0.1) is 19.7 Å². The van der Waals surface area contributed by atoms with Gasteiger partial charge in [-0.3, -0.25) is 9.48 Å². The Bertz CT molecular complexity index is 604. The maximum Gasteiger partial charge on any atom is 0.259 e. The van der Waals surface area contributed by atoms with E-state index in [4.69, 9.17) is 0 Å². The Kier molecular flexibility index (Phi) is 3.14. The van der Waals surface area contributed by atoms with E-state index in [-0.39, 0.29) is 11.7 Å². The predicted molar refractivity (Wildman–Crippen MR) is 67.0 cm³/mol. The summed E-state index contributed by atoms with van der Waals surface area (Å²) in [5, 5.41) is 6.64. The number of nitrogens with zero attached hydrogens (tertiary/aromatic N) is 2. The third-order valence-corrected chi connectivity index (χ3v) is 2.91. The molecule has 0 unspecified atom stereocenters. The summed E-state index contributed by atoms with van der Waals surface area (Å²) in [6.07, 6.45) is 1.50. The molecule has 0 saturated heterocycles. The summed E-state index contributed by atoms with van der Waals surface area (Å²) in [6.45, 7) is 3.48. The van der Waals surface area contributed by atoms with E-state index in [0.29, 0.717) is 16.8 Å². The molecule has 0 atom stereocenters. The topological polar surface area (TPSA) is 46.9 Å². The van der Waals surface area contributed by atoms with Crippen molar-refractivity contribution >= 4 is 11.6 Å². The van der Waals surface area contributed by atoms with Crippen LogP contribution in [0.15, 0.2) is 24.4 Å². The Morgan fingerprint density at radius 3 is 2.67 bits per heavy atom. The molecular formula is C13H14FN3O. The summed E-state index contributed by atoms with van der Waals surface area (Å²) in [7, 11) is 1.76. The van der Waals surface area contributed by atoms with Crippen molar-refractivity contribution in [3.63, 3.8) is 0 Å². The largest absolute Gasteiger partial charge is 0.322 e. The molecule has 18 heavy (non-hydrogen) atoms. The predicted octanol–water partition coefficient (Wildman–Crippen LogP) is 2.43. The summed E-state index contributed by atoms with van der Waals surface area (Å²) in [5.74, 6) is -0.625. The zero-order valence-corrected chi connectivity index (χ0v) is 10.5. The number of nitrogens with one attached hydrogen (secondary N) is 1. The van der Waals surface area contributed by atoms with Crippen LogP contribution in [0.25, 0.3) is 0 Å². The monoisotopic (exact) mass is 247 g/mol. The van der Waals surface area contributed by atoms with Crippen LogP contribution in [0.2, 0.25) is 0 Å². The van der Waals surface area contributed by atoms with E-state index in [2.05, 4.69) is 10.4 Å². The maximum atomic E-state index is 13.3. The Labute approximate surface area is 104 Å². The molecule has 0 saturated carbocycles. The van der Waals surface area contributed by atoms with Crippen LogP contribution in [-0.2, 0) is 7.05 Å². The molecular weight excluding hydrogens is 233 g/mol. The standard InChI is InChI=1S/C13H14FN3O/c1-8-4-5-10(6-12(8)14)16-13(18)11-7-15-17(3)9(11)2/h4-7H,1-3H3,(H,16,18). The number of rotatable bonds is 2. The molecule has 4 nitrogen and oxygen atoms in total. The average Bonchev–Trinajstić information content (AvgIpc) is 2.65. The van der Waals surface area contributed by atoms with Gasteiger partial charge in [-0.05, 0) is 31.5 Å². The van der Waals surface area contributed by atoms with Crippen LogP contribution in [0.1, 0.15) is 21.6 Å². The van der Waals surface area contributed by atoms with Crippen molar-refractivity contribution in [3.8, 4) is 0 Å². The number of hydrogen-bond acceptors (Lipinski definition) is 2. The van der Waals surface area contributed by atoms with Crippen LogP contribution in [0.4, 0.5) is 10.1 Å². The fourth-order valence-electron chi connectivity index (χ4n) is 1.59. The van der Waals surface area contributed by atoms with Crippen molar-refractivity contribution < 1.29 is 9.18 Å². The minimum absolute atomic E-state index is 0.288. The normalized spacial score (nSPS) is 10.4. The highest BCUT2D eigenvalue weighted by molar-refractivity contribution is 6.04. The Hall–Kier alpha value is -2.17. The summed E-state index contributed by atoms with van der Waals surface area (Å²) in [4.78, 5) is 12.0. The lowest BCUT2D eigenvalue weighted by atomic mass is 10.2. The fourth-order valence-corrected chi connectivity index (χ4v) is 1.59. The molecule has 0 aliphatic carbocycles. The molecule has 1 N–H and O–H groups in total. The van der Waals surface area contributed by atoms with Gasteiger partial charge in [0.05, 0.1) is 11.8 Å². The number of aromatic nitrogens is 2. The number of aryl methyl sites for hydroxylation is 2. The molecule has 1 aromatic heterocycles. The van der Waals surface area contributed by atoms with E-state index >= 15 is 0 Å². The van der Waals surface area contributed by atoms with Gasteiger partial charge in [0.2, 0.25) is 0 Å². The zero-order chi connectivity index (χ0) is 13.3. The van der Waals surface area contributed by atoms with Gasteiger partial charge in [0.1, 0.15) is 5.82 Å². The smallest absolute Gasteiger partial charge is 0.259 e. The number of amides is 1. The van der Waals surface area contributed by atoms with Gasteiger partial charge < -0.3 is 5.32 Å². The molecule has 1 heterocycles. The second-order valence-electron chi connectivity index (χ2n) is 4.19.